The quantitative estimate of drug-likeness (QED) is 0.887. The molecule has 1 N–H and O–H groups in total. The summed E-state index contributed by atoms with van der Waals surface area (Å²) in [5, 5.41) is 3.12. The van der Waals surface area contributed by atoms with Gasteiger partial charge in [-0.2, -0.15) is 0 Å². The Balaban J connectivity index is 2.02. The lowest BCUT2D eigenvalue weighted by atomic mass is 10.1. The molecule has 0 aliphatic heterocycles. The molecule has 1 atom stereocenters. The van der Waals surface area contributed by atoms with Crippen molar-refractivity contribution in [3.63, 3.8) is 0 Å². The SMILES string of the molecule is C[C@H](Nc1ccc(C(=O)N(C)C)cn1)c1ccc(OC(F)(F)F)cc1. The van der Waals surface area contributed by atoms with Crippen LogP contribution in [-0.2, 0) is 0 Å². The van der Waals surface area contributed by atoms with E-state index in [9.17, 15) is 18.0 Å². The van der Waals surface area contributed by atoms with Gasteiger partial charge in [-0.05, 0) is 36.8 Å². The zero-order valence-electron chi connectivity index (χ0n) is 14.0. The summed E-state index contributed by atoms with van der Waals surface area (Å²) in [6.07, 6.45) is -3.24. The lowest BCUT2D eigenvalue weighted by molar-refractivity contribution is -0.274. The fourth-order valence-electron chi connectivity index (χ4n) is 2.13. The summed E-state index contributed by atoms with van der Waals surface area (Å²) >= 11 is 0. The third kappa shape index (κ3) is 5.37. The second kappa shape index (κ2) is 7.42. The first-order valence-corrected chi connectivity index (χ1v) is 7.45. The van der Waals surface area contributed by atoms with Crippen LogP contribution in [-0.4, -0.2) is 36.2 Å². The minimum Gasteiger partial charge on any atom is -0.406 e. The van der Waals surface area contributed by atoms with Gasteiger partial charge in [-0.3, -0.25) is 4.79 Å². The lowest BCUT2D eigenvalue weighted by Crippen LogP contribution is -2.21. The number of amides is 1. The van der Waals surface area contributed by atoms with Crippen molar-refractivity contribution in [2.75, 3.05) is 19.4 Å². The predicted molar refractivity (Wildman–Crippen MR) is 87.4 cm³/mol. The number of hydrogen-bond donors (Lipinski definition) is 1. The Hall–Kier alpha value is -2.77. The number of benzene rings is 1. The number of alkyl halides is 3. The minimum absolute atomic E-state index is 0.146. The molecule has 1 aromatic carbocycles. The van der Waals surface area contributed by atoms with Crippen LogP contribution in [0, 0.1) is 0 Å². The Morgan fingerprint density at radius 2 is 1.80 bits per heavy atom. The van der Waals surface area contributed by atoms with Crippen LogP contribution < -0.4 is 10.1 Å². The average molecular weight is 353 g/mol. The van der Waals surface area contributed by atoms with Gasteiger partial charge in [-0.1, -0.05) is 12.1 Å². The minimum atomic E-state index is -4.71. The molecular formula is C17H18F3N3O2. The zero-order valence-corrected chi connectivity index (χ0v) is 14.0. The van der Waals surface area contributed by atoms with E-state index in [0.29, 0.717) is 11.4 Å². The van der Waals surface area contributed by atoms with Gasteiger partial charge in [0.1, 0.15) is 11.6 Å². The maximum atomic E-state index is 12.2. The number of carbonyl (C=O) groups excluding carboxylic acids is 1. The van der Waals surface area contributed by atoms with Gasteiger partial charge in [0, 0.05) is 26.3 Å². The summed E-state index contributed by atoms with van der Waals surface area (Å²) in [5.74, 6) is 0.138. The second-order valence-corrected chi connectivity index (χ2v) is 5.61. The third-order valence-corrected chi connectivity index (χ3v) is 3.39. The standard InChI is InChI=1S/C17H18F3N3O2/c1-11(12-4-7-14(8-5-12)25-17(18,19)20)22-15-9-6-13(10-21-15)16(24)23(2)3/h4-11H,1-3H3,(H,21,22)/t11-/m0/s1. The fourth-order valence-corrected chi connectivity index (χ4v) is 2.13. The highest BCUT2D eigenvalue weighted by atomic mass is 19.4. The summed E-state index contributed by atoms with van der Waals surface area (Å²) in [6, 6.07) is 8.74. The molecule has 0 aliphatic rings. The summed E-state index contributed by atoms with van der Waals surface area (Å²) in [6.45, 7) is 1.85. The van der Waals surface area contributed by atoms with Crippen LogP contribution in [0.4, 0.5) is 19.0 Å². The lowest BCUT2D eigenvalue weighted by Gasteiger charge is -2.16. The molecule has 5 nitrogen and oxygen atoms in total. The highest BCUT2D eigenvalue weighted by molar-refractivity contribution is 5.93. The largest absolute Gasteiger partial charge is 0.573 e. The van der Waals surface area contributed by atoms with Gasteiger partial charge in [0.2, 0.25) is 0 Å². The number of halogens is 3. The van der Waals surface area contributed by atoms with E-state index in [4.69, 9.17) is 0 Å². The van der Waals surface area contributed by atoms with Crippen LogP contribution in [0.25, 0.3) is 0 Å². The van der Waals surface area contributed by atoms with Gasteiger partial charge >= 0.3 is 6.36 Å². The Bertz CT molecular complexity index is 713. The molecular weight excluding hydrogens is 335 g/mol. The van der Waals surface area contributed by atoms with Gasteiger partial charge in [-0.25, -0.2) is 4.98 Å². The number of nitrogens with zero attached hydrogens (tertiary/aromatic N) is 2. The Morgan fingerprint density at radius 1 is 1.16 bits per heavy atom. The molecule has 0 radical (unpaired) electrons. The third-order valence-electron chi connectivity index (χ3n) is 3.39. The molecule has 0 spiro atoms. The number of rotatable bonds is 5. The molecule has 25 heavy (non-hydrogen) atoms. The zero-order chi connectivity index (χ0) is 18.6. The van der Waals surface area contributed by atoms with Gasteiger partial charge in [0.15, 0.2) is 0 Å². The summed E-state index contributed by atoms with van der Waals surface area (Å²) < 4.78 is 40.3. The number of hydrogen-bond acceptors (Lipinski definition) is 4. The van der Waals surface area contributed by atoms with E-state index >= 15 is 0 Å². The van der Waals surface area contributed by atoms with Crippen LogP contribution in [0.1, 0.15) is 28.9 Å². The highest BCUT2D eigenvalue weighted by Crippen LogP contribution is 2.25. The van der Waals surface area contributed by atoms with Gasteiger partial charge in [0.05, 0.1) is 5.56 Å². The number of carbonyl (C=O) groups is 1. The first-order chi connectivity index (χ1) is 11.7. The van der Waals surface area contributed by atoms with Crippen molar-refractivity contribution >= 4 is 11.7 Å². The van der Waals surface area contributed by atoms with E-state index in [2.05, 4.69) is 15.0 Å². The monoisotopic (exact) mass is 353 g/mol. The first kappa shape index (κ1) is 18.6. The number of pyridine rings is 1. The molecule has 134 valence electrons. The predicted octanol–water partition coefficient (Wildman–Crippen LogP) is 3.86. The molecule has 0 saturated heterocycles. The number of aromatic nitrogens is 1. The van der Waals surface area contributed by atoms with Crippen molar-refractivity contribution in [1.29, 1.82) is 0 Å². The number of ether oxygens (including phenoxy) is 1. The van der Waals surface area contributed by atoms with E-state index in [1.54, 1.807) is 38.4 Å². The molecule has 8 heteroatoms. The van der Waals surface area contributed by atoms with Crippen LogP contribution in [0.2, 0.25) is 0 Å². The van der Waals surface area contributed by atoms with Crippen molar-refractivity contribution in [3.05, 3.63) is 53.7 Å². The van der Waals surface area contributed by atoms with Crippen molar-refractivity contribution in [1.82, 2.24) is 9.88 Å². The van der Waals surface area contributed by atoms with E-state index < -0.39 is 6.36 Å². The van der Waals surface area contributed by atoms with Crippen LogP contribution in [0.5, 0.6) is 5.75 Å². The molecule has 2 rings (SSSR count). The highest BCUT2D eigenvalue weighted by Gasteiger charge is 2.31. The second-order valence-electron chi connectivity index (χ2n) is 5.61. The van der Waals surface area contributed by atoms with Gasteiger partial charge in [-0.15, -0.1) is 13.2 Å². The average Bonchev–Trinajstić information content (AvgIpc) is 2.54. The van der Waals surface area contributed by atoms with Crippen molar-refractivity contribution < 1.29 is 22.7 Å². The van der Waals surface area contributed by atoms with E-state index in [-0.39, 0.29) is 17.7 Å². The smallest absolute Gasteiger partial charge is 0.406 e. The summed E-state index contributed by atoms with van der Waals surface area (Å²) in [5.41, 5.74) is 1.24. The van der Waals surface area contributed by atoms with Crippen molar-refractivity contribution in [2.45, 2.75) is 19.3 Å². The molecule has 0 fully saturated rings. The van der Waals surface area contributed by atoms with Gasteiger partial charge < -0.3 is 15.0 Å². The van der Waals surface area contributed by atoms with E-state index in [1.165, 1.54) is 23.2 Å². The molecule has 2 aromatic rings. The van der Waals surface area contributed by atoms with Crippen LogP contribution >= 0.6 is 0 Å². The molecule has 0 saturated carbocycles. The summed E-state index contributed by atoms with van der Waals surface area (Å²) in [4.78, 5) is 17.4. The molecule has 1 heterocycles. The number of nitrogens with one attached hydrogen (secondary N) is 1. The maximum Gasteiger partial charge on any atom is 0.573 e. The molecule has 0 unspecified atom stereocenters. The maximum absolute atomic E-state index is 12.2. The molecule has 0 bridgehead atoms. The molecule has 0 aliphatic carbocycles. The molecule has 1 aromatic heterocycles. The van der Waals surface area contributed by atoms with E-state index in [0.717, 1.165) is 5.56 Å². The van der Waals surface area contributed by atoms with Crippen molar-refractivity contribution in [2.24, 2.45) is 0 Å². The topological polar surface area (TPSA) is 54.5 Å². The Labute approximate surface area is 143 Å². The van der Waals surface area contributed by atoms with Crippen LogP contribution in [0.3, 0.4) is 0 Å². The summed E-state index contributed by atoms with van der Waals surface area (Å²) in [7, 11) is 3.31. The molecule has 1 amide bonds. The normalized spacial score (nSPS) is 12.4. The fraction of sp³-hybridized carbons (Fsp3) is 0.294. The van der Waals surface area contributed by atoms with Gasteiger partial charge in [0.25, 0.3) is 5.91 Å². The van der Waals surface area contributed by atoms with E-state index in [1.807, 2.05) is 6.92 Å². The Morgan fingerprint density at radius 3 is 2.28 bits per heavy atom. The number of anilines is 1. The van der Waals surface area contributed by atoms with Crippen LogP contribution in [0.15, 0.2) is 42.6 Å². The Kier molecular flexibility index (Phi) is 5.51. The van der Waals surface area contributed by atoms with Crippen molar-refractivity contribution in [3.8, 4) is 5.75 Å². The first-order valence-electron chi connectivity index (χ1n) is 7.45.